The largest absolute Gasteiger partial charge is 0.467 e. The molecule has 5 heteroatoms. The van der Waals surface area contributed by atoms with E-state index in [0.29, 0.717) is 13.2 Å². The van der Waals surface area contributed by atoms with Gasteiger partial charge in [-0.2, -0.15) is 0 Å². The Bertz CT molecular complexity index is 323. The minimum atomic E-state index is 0.628. The predicted molar refractivity (Wildman–Crippen MR) is 72.6 cm³/mol. The van der Waals surface area contributed by atoms with Crippen LogP contribution in [0.5, 0.6) is 0 Å². The first-order valence-corrected chi connectivity index (χ1v) is 6.41. The van der Waals surface area contributed by atoms with E-state index in [9.17, 15) is 0 Å². The fraction of sp³-hybridized carbons (Fsp3) is 0.615. The number of rotatable bonds is 8. The van der Waals surface area contributed by atoms with Crippen LogP contribution in [0.4, 0.5) is 0 Å². The van der Waals surface area contributed by atoms with Crippen LogP contribution in [-0.2, 0) is 11.3 Å². The average molecular weight is 253 g/mol. The Morgan fingerprint density at radius 3 is 2.94 bits per heavy atom. The molecule has 0 spiro atoms. The molecule has 0 saturated carbocycles. The normalized spacial score (nSPS) is 11.6. The SMILES string of the molecule is CCCCOCCNC(=NC)NCc1ccco1. The van der Waals surface area contributed by atoms with Crippen LogP contribution in [0.3, 0.4) is 0 Å². The van der Waals surface area contributed by atoms with Crippen molar-refractivity contribution in [3.8, 4) is 0 Å². The lowest BCUT2D eigenvalue weighted by Gasteiger charge is -2.11. The van der Waals surface area contributed by atoms with Gasteiger partial charge in [0.25, 0.3) is 0 Å². The van der Waals surface area contributed by atoms with Crippen molar-refractivity contribution in [2.75, 3.05) is 26.8 Å². The lowest BCUT2D eigenvalue weighted by molar-refractivity contribution is 0.136. The van der Waals surface area contributed by atoms with E-state index in [-0.39, 0.29) is 0 Å². The number of aliphatic imine (C=N–C) groups is 1. The van der Waals surface area contributed by atoms with Crippen LogP contribution in [0.1, 0.15) is 25.5 Å². The molecular weight excluding hydrogens is 230 g/mol. The van der Waals surface area contributed by atoms with E-state index in [4.69, 9.17) is 9.15 Å². The molecule has 0 aliphatic rings. The second kappa shape index (κ2) is 9.53. The second-order valence-corrected chi connectivity index (χ2v) is 3.90. The average Bonchev–Trinajstić information content (AvgIpc) is 2.90. The minimum absolute atomic E-state index is 0.628. The molecule has 0 aliphatic heterocycles. The van der Waals surface area contributed by atoms with E-state index >= 15 is 0 Å². The molecule has 0 fully saturated rings. The Morgan fingerprint density at radius 1 is 1.39 bits per heavy atom. The van der Waals surface area contributed by atoms with E-state index in [1.165, 1.54) is 6.42 Å². The lowest BCUT2D eigenvalue weighted by Crippen LogP contribution is -2.38. The molecule has 0 aliphatic carbocycles. The number of nitrogens with zero attached hydrogens (tertiary/aromatic N) is 1. The van der Waals surface area contributed by atoms with Gasteiger partial charge < -0.3 is 19.8 Å². The first-order chi connectivity index (χ1) is 8.86. The van der Waals surface area contributed by atoms with E-state index in [1.807, 2.05) is 12.1 Å². The molecule has 1 aromatic heterocycles. The quantitative estimate of drug-likeness (QED) is 0.421. The predicted octanol–water partition coefficient (Wildman–Crippen LogP) is 1.76. The van der Waals surface area contributed by atoms with Gasteiger partial charge in [-0.3, -0.25) is 4.99 Å². The Morgan fingerprint density at radius 2 is 2.28 bits per heavy atom. The van der Waals surface area contributed by atoms with Gasteiger partial charge in [-0.05, 0) is 18.6 Å². The maximum absolute atomic E-state index is 5.46. The van der Waals surface area contributed by atoms with Crippen LogP contribution in [0.25, 0.3) is 0 Å². The zero-order chi connectivity index (χ0) is 13.1. The van der Waals surface area contributed by atoms with Crippen molar-refractivity contribution in [1.29, 1.82) is 0 Å². The summed E-state index contributed by atoms with van der Waals surface area (Å²) in [5.74, 6) is 1.64. The Labute approximate surface area is 109 Å². The maximum Gasteiger partial charge on any atom is 0.191 e. The zero-order valence-corrected chi connectivity index (χ0v) is 11.2. The van der Waals surface area contributed by atoms with Crippen molar-refractivity contribution >= 4 is 5.96 Å². The minimum Gasteiger partial charge on any atom is -0.467 e. The van der Waals surface area contributed by atoms with Gasteiger partial charge in [0, 0.05) is 20.2 Å². The summed E-state index contributed by atoms with van der Waals surface area (Å²) >= 11 is 0. The highest BCUT2D eigenvalue weighted by Gasteiger charge is 1.99. The van der Waals surface area contributed by atoms with Gasteiger partial charge in [0.1, 0.15) is 5.76 Å². The molecule has 0 atom stereocenters. The summed E-state index contributed by atoms with van der Waals surface area (Å²) in [6.45, 7) is 5.06. The zero-order valence-electron chi connectivity index (χ0n) is 11.2. The number of furan rings is 1. The maximum atomic E-state index is 5.46. The van der Waals surface area contributed by atoms with E-state index in [0.717, 1.165) is 31.3 Å². The van der Waals surface area contributed by atoms with Gasteiger partial charge >= 0.3 is 0 Å². The van der Waals surface area contributed by atoms with Gasteiger partial charge in [0.15, 0.2) is 5.96 Å². The fourth-order valence-corrected chi connectivity index (χ4v) is 1.39. The molecule has 0 aromatic carbocycles. The molecule has 5 nitrogen and oxygen atoms in total. The summed E-state index contributed by atoms with van der Waals surface area (Å²) in [6, 6.07) is 3.79. The number of nitrogens with one attached hydrogen (secondary N) is 2. The summed E-state index contributed by atoms with van der Waals surface area (Å²) in [7, 11) is 1.75. The van der Waals surface area contributed by atoms with E-state index in [1.54, 1.807) is 13.3 Å². The van der Waals surface area contributed by atoms with Crippen molar-refractivity contribution in [2.45, 2.75) is 26.3 Å². The number of guanidine groups is 1. The summed E-state index contributed by atoms with van der Waals surface area (Å²) in [6.07, 6.45) is 3.94. The highest BCUT2D eigenvalue weighted by atomic mass is 16.5. The van der Waals surface area contributed by atoms with Crippen LogP contribution < -0.4 is 10.6 Å². The van der Waals surface area contributed by atoms with Crippen molar-refractivity contribution in [3.63, 3.8) is 0 Å². The van der Waals surface area contributed by atoms with E-state index in [2.05, 4.69) is 22.5 Å². The van der Waals surface area contributed by atoms with Crippen molar-refractivity contribution < 1.29 is 9.15 Å². The molecule has 102 valence electrons. The Balaban J connectivity index is 2.07. The number of hydrogen-bond acceptors (Lipinski definition) is 3. The lowest BCUT2D eigenvalue weighted by atomic mass is 10.4. The highest BCUT2D eigenvalue weighted by Crippen LogP contribution is 1.97. The summed E-state index contributed by atoms with van der Waals surface area (Å²) < 4.78 is 10.7. The summed E-state index contributed by atoms with van der Waals surface area (Å²) in [5.41, 5.74) is 0. The topological polar surface area (TPSA) is 58.8 Å². The molecule has 1 heterocycles. The first kappa shape index (κ1) is 14.6. The first-order valence-electron chi connectivity index (χ1n) is 6.41. The van der Waals surface area contributed by atoms with Gasteiger partial charge in [-0.15, -0.1) is 0 Å². The third kappa shape index (κ3) is 6.30. The van der Waals surface area contributed by atoms with Crippen LogP contribution in [0, 0.1) is 0 Å². The molecule has 18 heavy (non-hydrogen) atoms. The number of ether oxygens (including phenoxy) is 1. The second-order valence-electron chi connectivity index (χ2n) is 3.90. The molecule has 0 unspecified atom stereocenters. The standard InChI is InChI=1S/C13H23N3O2/c1-3-4-8-17-10-7-15-13(14-2)16-11-12-6-5-9-18-12/h5-6,9H,3-4,7-8,10-11H2,1-2H3,(H2,14,15,16). The number of hydrogen-bond donors (Lipinski definition) is 2. The fourth-order valence-electron chi connectivity index (χ4n) is 1.39. The number of unbranched alkanes of at least 4 members (excludes halogenated alkanes) is 1. The van der Waals surface area contributed by atoms with Gasteiger partial charge in [-0.25, -0.2) is 0 Å². The monoisotopic (exact) mass is 253 g/mol. The van der Waals surface area contributed by atoms with Gasteiger partial charge in [-0.1, -0.05) is 13.3 Å². The van der Waals surface area contributed by atoms with Crippen LogP contribution >= 0.6 is 0 Å². The van der Waals surface area contributed by atoms with Crippen LogP contribution in [-0.4, -0.2) is 32.8 Å². The third-order valence-corrected chi connectivity index (χ3v) is 2.41. The smallest absolute Gasteiger partial charge is 0.191 e. The van der Waals surface area contributed by atoms with Crippen LogP contribution in [0.15, 0.2) is 27.8 Å². The molecule has 0 amide bonds. The van der Waals surface area contributed by atoms with Crippen molar-refractivity contribution in [1.82, 2.24) is 10.6 Å². The molecule has 0 bridgehead atoms. The molecular formula is C13H23N3O2. The molecule has 0 radical (unpaired) electrons. The summed E-state index contributed by atoms with van der Waals surface area (Å²) in [4.78, 5) is 4.12. The van der Waals surface area contributed by atoms with Gasteiger partial charge in [0.05, 0.1) is 19.4 Å². The Kier molecular flexibility index (Phi) is 7.72. The van der Waals surface area contributed by atoms with Crippen molar-refractivity contribution in [2.24, 2.45) is 4.99 Å². The van der Waals surface area contributed by atoms with Crippen molar-refractivity contribution in [3.05, 3.63) is 24.2 Å². The van der Waals surface area contributed by atoms with E-state index < -0.39 is 0 Å². The third-order valence-electron chi connectivity index (χ3n) is 2.41. The van der Waals surface area contributed by atoms with Gasteiger partial charge in [0.2, 0.25) is 0 Å². The highest BCUT2D eigenvalue weighted by molar-refractivity contribution is 5.79. The van der Waals surface area contributed by atoms with Crippen LogP contribution in [0.2, 0.25) is 0 Å². The Hall–Kier alpha value is -1.49. The molecule has 1 aromatic rings. The molecule has 2 N–H and O–H groups in total. The molecule has 1 rings (SSSR count). The summed E-state index contributed by atoms with van der Waals surface area (Å²) in [5, 5.41) is 6.34. The molecule has 0 saturated heterocycles.